The Labute approximate surface area is 126 Å². The fourth-order valence-corrected chi connectivity index (χ4v) is 3.50. The Morgan fingerprint density at radius 1 is 0.650 bits per heavy atom. The average Bonchev–Trinajstić information content (AvgIpc) is 2.49. The largest absolute Gasteiger partial charge is 0.151 e. The monoisotopic (exact) mass is 281 g/mol. The number of nitrogens with zero attached hydrogens (tertiary/aromatic N) is 1. The Morgan fingerprint density at radius 3 is 1.70 bits per heavy atom. The van der Waals surface area contributed by atoms with Crippen LogP contribution in [-0.2, 0) is 0 Å². The molecule has 0 aromatic rings. The second kappa shape index (κ2) is 13.6. The van der Waals surface area contributed by atoms with Crippen molar-refractivity contribution in [1.29, 1.82) is 0 Å². The third kappa shape index (κ3) is 10.4. The zero-order chi connectivity index (χ0) is 14.3. The van der Waals surface area contributed by atoms with Gasteiger partial charge in [-0.1, -0.05) is 101 Å². The summed E-state index contributed by atoms with van der Waals surface area (Å²) in [5, 5.41) is 2.90. The average molecular weight is 281 g/mol. The topological polar surface area (TPSA) is 29.4 Å². The maximum atomic E-state index is 9.92. The van der Waals surface area contributed by atoms with Crippen LogP contribution in [0.1, 0.15) is 103 Å². The van der Waals surface area contributed by atoms with Gasteiger partial charge in [-0.15, -0.1) is 0 Å². The van der Waals surface area contributed by atoms with Gasteiger partial charge in [0.05, 0.1) is 6.54 Å². The van der Waals surface area contributed by atoms with Crippen LogP contribution >= 0.6 is 0 Å². The summed E-state index contributed by atoms with van der Waals surface area (Å²) in [6.45, 7) is 0.515. The van der Waals surface area contributed by atoms with Crippen molar-refractivity contribution in [2.45, 2.75) is 103 Å². The van der Waals surface area contributed by atoms with E-state index in [1.54, 1.807) is 0 Å². The number of unbranched alkanes of at least 4 members (excludes halogenated alkanes) is 9. The molecule has 1 fully saturated rings. The van der Waals surface area contributed by atoms with Gasteiger partial charge in [-0.05, 0) is 12.3 Å². The molecule has 1 saturated carbocycles. The highest BCUT2D eigenvalue weighted by Crippen LogP contribution is 2.28. The fraction of sp³-hybridized carbons (Fsp3) is 1.00. The van der Waals surface area contributed by atoms with Crippen LogP contribution in [-0.4, -0.2) is 6.54 Å². The zero-order valence-corrected chi connectivity index (χ0v) is 13.5. The Hall–Kier alpha value is -0.400. The SMILES string of the molecule is O=NCCCCCCCCCCCCC1CCCCC1. The van der Waals surface area contributed by atoms with Crippen LogP contribution < -0.4 is 0 Å². The van der Waals surface area contributed by atoms with Crippen molar-refractivity contribution in [2.24, 2.45) is 11.1 Å². The molecule has 1 aliphatic rings. The van der Waals surface area contributed by atoms with E-state index in [4.69, 9.17) is 0 Å². The highest BCUT2D eigenvalue weighted by molar-refractivity contribution is 4.65. The van der Waals surface area contributed by atoms with Gasteiger partial charge in [0.2, 0.25) is 0 Å². The van der Waals surface area contributed by atoms with E-state index in [1.807, 2.05) is 0 Å². The molecule has 1 rings (SSSR count). The summed E-state index contributed by atoms with van der Waals surface area (Å²) in [6.07, 6.45) is 22.4. The first-order valence-corrected chi connectivity index (χ1v) is 9.22. The summed E-state index contributed by atoms with van der Waals surface area (Å²) in [5.74, 6) is 1.07. The number of rotatable bonds is 13. The van der Waals surface area contributed by atoms with Gasteiger partial charge in [0.1, 0.15) is 0 Å². The molecule has 20 heavy (non-hydrogen) atoms. The quantitative estimate of drug-likeness (QED) is 0.275. The van der Waals surface area contributed by atoms with E-state index in [2.05, 4.69) is 5.18 Å². The smallest absolute Gasteiger partial charge is 0.0811 e. The molecule has 118 valence electrons. The van der Waals surface area contributed by atoms with Crippen molar-refractivity contribution < 1.29 is 0 Å². The molecule has 2 heteroatoms. The van der Waals surface area contributed by atoms with Crippen LogP contribution in [0.3, 0.4) is 0 Å². The molecular weight excluding hydrogens is 246 g/mol. The molecule has 0 bridgehead atoms. The molecule has 0 atom stereocenters. The minimum atomic E-state index is 0.515. The van der Waals surface area contributed by atoms with E-state index in [-0.39, 0.29) is 0 Å². The lowest BCUT2D eigenvalue weighted by Crippen LogP contribution is -2.05. The van der Waals surface area contributed by atoms with Crippen LogP contribution in [0.15, 0.2) is 5.18 Å². The van der Waals surface area contributed by atoms with E-state index in [1.165, 1.54) is 96.3 Å². The molecule has 0 heterocycles. The predicted molar refractivity (Wildman–Crippen MR) is 88.0 cm³/mol. The summed E-state index contributed by atoms with van der Waals surface area (Å²) in [5.41, 5.74) is 0. The van der Waals surface area contributed by atoms with Crippen molar-refractivity contribution in [3.05, 3.63) is 4.91 Å². The van der Waals surface area contributed by atoms with E-state index in [0.29, 0.717) is 6.54 Å². The summed E-state index contributed by atoms with van der Waals surface area (Å²) in [6, 6.07) is 0. The molecule has 0 radical (unpaired) electrons. The third-order valence-electron chi connectivity index (χ3n) is 4.84. The van der Waals surface area contributed by atoms with E-state index >= 15 is 0 Å². The first kappa shape index (κ1) is 17.7. The highest BCUT2D eigenvalue weighted by Gasteiger charge is 2.12. The standard InChI is InChI=1S/C18H35NO/c20-19-17-13-8-6-4-2-1-3-5-7-10-14-18-15-11-9-12-16-18/h18H,1-17H2. The summed E-state index contributed by atoms with van der Waals surface area (Å²) >= 11 is 0. The molecule has 0 unspecified atom stereocenters. The first-order chi connectivity index (χ1) is 9.93. The Bertz CT molecular complexity index is 211. The van der Waals surface area contributed by atoms with Gasteiger partial charge in [0, 0.05) is 0 Å². The van der Waals surface area contributed by atoms with Crippen molar-refractivity contribution >= 4 is 0 Å². The summed E-state index contributed by atoms with van der Waals surface area (Å²) < 4.78 is 0. The van der Waals surface area contributed by atoms with Crippen LogP contribution in [0.4, 0.5) is 0 Å². The lowest BCUT2D eigenvalue weighted by molar-refractivity contribution is 0.328. The molecule has 0 N–H and O–H groups in total. The molecule has 0 aromatic heterocycles. The lowest BCUT2D eigenvalue weighted by atomic mass is 9.85. The Kier molecular flexibility index (Phi) is 12.0. The fourth-order valence-electron chi connectivity index (χ4n) is 3.50. The van der Waals surface area contributed by atoms with Gasteiger partial charge < -0.3 is 0 Å². The molecule has 0 saturated heterocycles. The van der Waals surface area contributed by atoms with Gasteiger partial charge >= 0.3 is 0 Å². The number of hydrogen-bond donors (Lipinski definition) is 0. The normalized spacial score (nSPS) is 16.4. The molecular formula is C18H35NO. The molecule has 0 aliphatic heterocycles. The van der Waals surface area contributed by atoms with Crippen LogP contribution in [0.25, 0.3) is 0 Å². The molecule has 0 aromatic carbocycles. The van der Waals surface area contributed by atoms with Gasteiger partial charge in [0.15, 0.2) is 0 Å². The summed E-state index contributed by atoms with van der Waals surface area (Å²) in [7, 11) is 0. The van der Waals surface area contributed by atoms with Crippen LogP contribution in [0.5, 0.6) is 0 Å². The van der Waals surface area contributed by atoms with Crippen LogP contribution in [0, 0.1) is 10.8 Å². The van der Waals surface area contributed by atoms with Crippen molar-refractivity contribution in [3.63, 3.8) is 0 Å². The lowest BCUT2D eigenvalue weighted by Gasteiger charge is -2.21. The third-order valence-corrected chi connectivity index (χ3v) is 4.84. The zero-order valence-electron chi connectivity index (χ0n) is 13.5. The second-order valence-corrected chi connectivity index (χ2v) is 6.68. The van der Waals surface area contributed by atoms with Gasteiger partial charge in [0.25, 0.3) is 0 Å². The molecule has 2 nitrogen and oxygen atoms in total. The number of nitroso groups, excluding NO2 is 1. The molecule has 0 spiro atoms. The minimum absolute atomic E-state index is 0.515. The molecule has 0 amide bonds. The van der Waals surface area contributed by atoms with Gasteiger partial charge in [-0.25, -0.2) is 0 Å². The van der Waals surface area contributed by atoms with E-state index in [0.717, 1.165) is 12.3 Å². The molecule has 1 aliphatic carbocycles. The Balaban J connectivity index is 1.71. The maximum absolute atomic E-state index is 9.92. The minimum Gasteiger partial charge on any atom is -0.151 e. The van der Waals surface area contributed by atoms with E-state index < -0.39 is 0 Å². The number of hydrogen-bond acceptors (Lipinski definition) is 2. The Morgan fingerprint density at radius 2 is 1.15 bits per heavy atom. The summed E-state index contributed by atoms with van der Waals surface area (Å²) in [4.78, 5) is 9.92. The maximum Gasteiger partial charge on any atom is 0.0811 e. The second-order valence-electron chi connectivity index (χ2n) is 6.68. The van der Waals surface area contributed by atoms with Crippen LogP contribution in [0.2, 0.25) is 0 Å². The first-order valence-electron chi connectivity index (χ1n) is 9.22. The van der Waals surface area contributed by atoms with E-state index in [9.17, 15) is 4.91 Å². The van der Waals surface area contributed by atoms with Crippen molar-refractivity contribution in [3.8, 4) is 0 Å². The predicted octanol–water partition coefficient (Wildman–Crippen LogP) is 6.62. The van der Waals surface area contributed by atoms with Crippen molar-refractivity contribution in [1.82, 2.24) is 0 Å². The highest BCUT2D eigenvalue weighted by atomic mass is 16.3. The van der Waals surface area contributed by atoms with Gasteiger partial charge in [-0.3, -0.25) is 0 Å². The van der Waals surface area contributed by atoms with Gasteiger partial charge in [-0.2, -0.15) is 4.91 Å². The van der Waals surface area contributed by atoms with Crippen molar-refractivity contribution in [2.75, 3.05) is 6.54 Å².